The molecule has 5 nitrogen and oxygen atoms in total. The molecule has 0 radical (unpaired) electrons. The Hall–Kier alpha value is -1.28. The Labute approximate surface area is 135 Å². The van der Waals surface area contributed by atoms with Crippen molar-refractivity contribution in [1.82, 2.24) is 0 Å². The van der Waals surface area contributed by atoms with Gasteiger partial charge < -0.3 is 5.11 Å². The van der Waals surface area contributed by atoms with Crippen molar-refractivity contribution in [1.29, 1.82) is 0 Å². The minimum atomic E-state index is -3.92. The van der Waals surface area contributed by atoms with Crippen molar-refractivity contribution < 1.29 is 18.3 Å². The maximum Gasteiger partial charge on any atom is 0.336 e. The van der Waals surface area contributed by atoms with E-state index in [0.717, 1.165) is 17.4 Å². The van der Waals surface area contributed by atoms with Gasteiger partial charge in [-0.25, -0.2) is 13.2 Å². The number of carboxylic acids is 1. The third-order valence-corrected chi connectivity index (χ3v) is 6.10. The smallest absolute Gasteiger partial charge is 0.336 e. The number of carboxylic acid groups (broad SMARTS) is 1. The first-order valence-electron chi connectivity index (χ1n) is 5.51. The summed E-state index contributed by atoms with van der Waals surface area (Å²) in [5.74, 6) is -1.19. The molecule has 2 aromatic rings. The summed E-state index contributed by atoms with van der Waals surface area (Å²) in [5, 5.41) is 10.6. The van der Waals surface area contributed by atoms with Crippen LogP contribution in [0.25, 0.3) is 0 Å². The van der Waals surface area contributed by atoms with Crippen LogP contribution in [0, 0.1) is 6.92 Å². The van der Waals surface area contributed by atoms with Gasteiger partial charge in [0.15, 0.2) is 0 Å². The molecule has 21 heavy (non-hydrogen) atoms. The summed E-state index contributed by atoms with van der Waals surface area (Å²) in [6.07, 6.45) is 0. The molecule has 0 saturated heterocycles. The maximum atomic E-state index is 12.2. The van der Waals surface area contributed by atoms with Crippen molar-refractivity contribution in [2.24, 2.45) is 0 Å². The number of hydrogen-bond donors (Lipinski definition) is 2. The van der Waals surface area contributed by atoms with Gasteiger partial charge >= 0.3 is 5.97 Å². The van der Waals surface area contributed by atoms with Crippen LogP contribution in [-0.4, -0.2) is 19.5 Å². The molecule has 2 N–H and O–H groups in total. The number of rotatable bonds is 4. The van der Waals surface area contributed by atoms with E-state index in [4.69, 9.17) is 28.3 Å². The Morgan fingerprint density at radius 2 is 1.90 bits per heavy atom. The molecule has 0 aliphatic rings. The van der Waals surface area contributed by atoms with E-state index in [9.17, 15) is 13.2 Å². The number of nitrogens with one attached hydrogen (secondary N) is 1. The van der Waals surface area contributed by atoms with Crippen LogP contribution >= 0.6 is 34.5 Å². The molecule has 0 aliphatic carbocycles. The van der Waals surface area contributed by atoms with Gasteiger partial charge in [-0.2, -0.15) is 0 Å². The van der Waals surface area contributed by atoms with Crippen molar-refractivity contribution in [3.05, 3.63) is 44.8 Å². The van der Waals surface area contributed by atoms with Crippen molar-refractivity contribution in [2.45, 2.75) is 11.1 Å². The Morgan fingerprint density at radius 3 is 2.48 bits per heavy atom. The molecule has 0 bridgehead atoms. The molecule has 0 aliphatic heterocycles. The van der Waals surface area contributed by atoms with Gasteiger partial charge in [0.2, 0.25) is 0 Å². The summed E-state index contributed by atoms with van der Waals surface area (Å²) >= 11 is 12.7. The SMILES string of the molecule is Cc1cc(Cl)c(NS(=O)(=O)c2cc(C(=O)O)cs2)cc1Cl. The quantitative estimate of drug-likeness (QED) is 0.861. The number of benzene rings is 1. The molecule has 0 saturated carbocycles. The molecule has 2 rings (SSSR count). The van der Waals surface area contributed by atoms with Crippen LogP contribution in [-0.2, 0) is 10.0 Å². The Kier molecular flexibility index (Phi) is 4.48. The monoisotopic (exact) mass is 365 g/mol. The molecular formula is C12H9Cl2NO4S2. The molecule has 0 unspecified atom stereocenters. The summed E-state index contributed by atoms with van der Waals surface area (Å²) in [6.45, 7) is 1.74. The van der Waals surface area contributed by atoms with E-state index in [1.165, 1.54) is 11.4 Å². The predicted molar refractivity (Wildman–Crippen MR) is 83.3 cm³/mol. The van der Waals surface area contributed by atoms with E-state index in [1.54, 1.807) is 13.0 Å². The van der Waals surface area contributed by atoms with E-state index in [-0.39, 0.29) is 20.5 Å². The first-order valence-corrected chi connectivity index (χ1v) is 8.63. The summed E-state index contributed by atoms with van der Waals surface area (Å²) in [4.78, 5) is 10.8. The molecule has 112 valence electrons. The van der Waals surface area contributed by atoms with Gasteiger partial charge in [-0.15, -0.1) is 11.3 Å². The average molecular weight is 366 g/mol. The minimum absolute atomic E-state index is 0.0894. The number of sulfonamides is 1. The van der Waals surface area contributed by atoms with Crippen molar-refractivity contribution in [2.75, 3.05) is 4.72 Å². The zero-order chi connectivity index (χ0) is 15.8. The van der Waals surface area contributed by atoms with Gasteiger partial charge in [-0.1, -0.05) is 23.2 Å². The molecule has 1 aromatic heterocycles. The van der Waals surface area contributed by atoms with Gasteiger partial charge in [-0.3, -0.25) is 4.72 Å². The number of anilines is 1. The average Bonchev–Trinajstić information content (AvgIpc) is 2.86. The number of carbonyl (C=O) groups is 1. The van der Waals surface area contributed by atoms with Crippen LogP contribution in [0.5, 0.6) is 0 Å². The van der Waals surface area contributed by atoms with Crippen LogP contribution in [0.1, 0.15) is 15.9 Å². The summed E-state index contributed by atoms with van der Waals surface area (Å²) in [5.41, 5.74) is 0.764. The molecule has 0 fully saturated rings. The van der Waals surface area contributed by atoms with E-state index in [2.05, 4.69) is 4.72 Å². The second-order valence-corrected chi connectivity index (χ2v) is 7.78. The highest BCUT2D eigenvalue weighted by molar-refractivity contribution is 7.94. The van der Waals surface area contributed by atoms with Crippen molar-refractivity contribution >= 4 is 56.2 Å². The topological polar surface area (TPSA) is 83.5 Å². The molecule has 1 heterocycles. The minimum Gasteiger partial charge on any atom is -0.478 e. The number of thiophene rings is 1. The largest absolute Gasteiger partial charge is 0.478 e. The lowest BCUT2D eigenvalue weighted by molar-refractivity contribution is 0.0697. The Bertz CT molecular complexity index is 815. The summed E-state index contributed by atoms with van der Waals surface area (Å²) in [6, 6.07) is 4.03. The number of aryl methyl sites for hydroxylation is 1. The van der Waals surface area contributed by atoms with Crippen LogP contribution in [0.3, 0.4) is 0 Å². The second-order valence-electron chi connectivity index (χ2n) is 4.15. The van der Waals surface area contributed by atoms with Gasteiger partial charge in [0, 0.05) is 10.4 Å². The molecule has 0 spiro atoms. The fraction of sp³-hybridized carbons (Fsp3) is 0.0833. The summed E-state index contributed by atoms with van der Waals surface area (Å²) in [7, 11) is -3.92. The zero-order valence-corrected chi connectivity index (χ0v) is 13.7. The van der Waals surface area contributed by atoms with E-state index < -0.39 is 16.0 Å². The molecule has 9 heteroatoms. The first-order chi connectivity index (χ1) is 9.70. The fourth-order valence-electron chi connectivity index (χ4n) is 1.49. The van der Waals surface area contributed by atoms with Crippen LogP contribution < -0.4 is 4.72 Å². The normalized spacial score (nSPS) is 11.4. The van der Waals surface area contributed by atoms with E-state index in [1.807, 2.05) is 0 Å². The Balaban J connectivity index is 2.37. The van der Waals surface area contributed by atoms with Crippen molar-refractivity contribution in [3.8, 4) is 0 Å². The Morgan fingerprint density at radius 1 is 1.24 bits per heavy atom. The van der Waals surface area contributed by atoms with E-state index >= 15 is 0 Å². The van der Waals surface area contributed by atoms with Gasteiger partial charge in [0.05, 0.1) is 16.3 Å². The highest BCUT2D eigenvalue weighted by Crippen LogP contribution is 2.31. The van der Waals surface area contributed by atoms with Crippen molar-refractivity contribution in [3.63, 3.8) is 0 Å². The summed E-state index contributed by atoms with van der Waals surface area (Å²) < 4.78 is 26.6. The maximum absolute atomic E-state index is 12.2. The van der Waals surface area contributed by atoms with Crippen LogP contribution in [0.2, 0.25) is 10.0 Å². The lowest BCUT2D eigenvalue weighted by Crippen LogP contribution is -2.12. The highest BCUT2D eigenvalue weighted by atomic mass is 35.5. The molecule has 1 aromatic carbocycles. The standard InChI is InChI=1S/C12H9Cl2NO4S2/c1-6-2-9(14)10(4-8(6)13)15-21(18,19)11-3-7(5-20-11)12(16)17/h2-5,15H,1H3,(H,16,17). The molecular weight excluding hydrogens is 357 g/mol. The van der Waals surface area contributed by atoms with Crippen LogP contribution in [0.4, 0.5) is 5.69 Å². The highest BCUT2D eigenvalue weighted by Gasteiger charge is 2.20. The number of halogens is 2. The van der Waals surface area contributed by atoms with Gasteiger partial charge in [-0.05, 0) is 30.7 Å². The number of aromatic carboxylic acids is 1. The first kappa shape index (κ1) is 16.1. The van der Waals surface area contributed by atoms with Gasteiger partial charge in [0.25, 0.3) is 10.0 Å². The second kappa shape index (κ2) is 5.84. The third kappa shape index (κ3) is 3.49. The van der Waals surface area contributed by atoms with E-state index in [0.29, 0.717) is 10.6 Å². The zero-order valence-electron chi connectivity index (χ0n) is 10.6. The fourth-order valence-corrected chi connectivity index (χ4v) is 4.20. The molecule has 0 atom stereocenters. The number of hydrogen-bond acceptors (Lipinski definition) is 4. The predicted octanol–water partition coefficient (Wildman–Crippen LogP) is 3.86. The van der Waals surface area contributed by atoms with Gasteiger partial charge in [0.1, 0.15) is 4.21 Å². The molecule has 0 amide bonds. The van der Waals surface area contributed by atoms with Crippen LogP contribution in [0.15, 0.2) is 27.8 Å². The third-order valence-electron chi connectivity index (χ3n) is 2.58. The lowest BCUT2D eigenvalue weighted by Gasteiger charge is -2.10. The lowest BCUT2D eigenvalue weighted by atomic mass is 10.2.